The van der Waals surface area contributed by atoms with Gasteiger partial charge in [0.2, 0.25) is 0 Å². The average molecular weight is 442 g/mol. The number of likely N-dealkylation sites (tertiary alicyclic amines) is 1. The minimum atomic E-state index is -3.55. The van der Waals surface area contributed by atoms with E-state index >= 15 is 0 Å². The zero-order valence-corrected chi connectivity index (χ0v) is 19.0. The molecule has 0 aliphatic carbocycles. The van der Waals surface area contributed by atoms with Crippen LogP contribution in [0.3, 0.4) is 0 Å². The molecule has 10 heteroatoms. The smallest absolute Gasteiger partial charge is 0.410 e. The molecule has 1 saturated heterocycles. The highest BCUT2D eigenvalue weighted by Crippen LogP contribution is 2.30. The number of amides is 1. The maximum atomic E-state index is 12.5. The number of nitro benzene ring substituents is 1. The zero-order valence-electron chi connectivity index (χ0n) is 18.2. The van der Waals surface area contributed by atoms with Gasteiger partial charge in [-0.3, -0.25) is 10.1 Å². The number of sulfone groups is 1. The number of non-ortho nitro benzene ring substituents is 1. The molecule has 9 nitrogen and oxygen atoms in total. The monoisotopic (exact) mass is 441 g/mol. The predicted octanol–water partition coefficient (Wildman–Crippen LogP) is 2.99. The lowest BCUT2D eigenvalue weighted by Gasteiger charge is -2.44. The van der Waals surface area contributed by atoms with Gasteiger partial charge in [0, 0.05) is 37.8 Å². The van der Waals surface area contributed by atoms with Gasteiger partial charge >= 0.3 is 6.09 Å². The molecule has 0 bridgehead atoms. The van der Waals surface area contributed by atoms with Crippen LogP contribution in [0.15, 0.2) is 29.2 Å². The van der Waals surface area contributed by atoms with Gasteiger partial charge in [0.25, 0.3) is 5.69 Å². The number of piperidine rings is 1. The third-order valence-corrected chi connectivity index (χ3v) is 6.78. The van der Waals surface area contributed by atoms with Gasteiger partial charge in [0.15, 0.2) is 9.84 Å². The van der Waals surface area contributed by atoms with Crippen molar-refractivity contribution in [2.75, 3.05) is 25.4 Å². The van der Waals surface area contributed by atoms with Gasteiger partial charge in [0.05, 0.1) is 15.6 Å². The molecule has 168 valence electrons. The van der Waals surface area contributed by atoms with Crippen LogP contribution in [0, 0.1) is 15.5 Å². The van der Waals surface area contributed by atoms with Crippen molar-refractivity contribution >= 4 is 21.6 Å². The Morgan fingerprint density at radius 2 is 1.90 bits per heavy atom. The molecule has 30 heavy (non-hydrogen) atoms. The molecule has 1 aliphatic rings. The van der Waals surface area contributed by atoms with Gasteiger partial charge in [0.1, 0.15) is 5.60 Å². The summed E-state index contributed by atoms with van der Waals surface area (Å²) in [5.41, 5.74) is -0.958. The van der Waals surface area contributed by atoms with Crippen LogP contribution in [-0.4, -0.2) is 61.4 Å². The first-order chi connectivity index (χ1) is 13.7. The molecule has 1 atom stereocenters. The van der Waals surface area contributed by atoms with E-state index in [4.69, 9.17) is 4.74 Å². The molecule has 0 spiro atoms. The van der Waals surface area contributed by atoms with Gasteiger partial charge in [-0.15, -0.1) is 0 Å². The lowest BCUT2D eigenvalue weighted by Crippen LogP contribution is -2.56. The van der Waals surface area contributed by atoms with Crippen molar-refractivity contribution < 1.29 is 22.9 Å². The average Bonchev–Trinajstić information content (AvgIpc) is 2.61. The van der Waals surface area contributed by atoms with E-state index in [0.717, 1.165) is 0 Å². The van der Waals surface area contributed by atoms with Crippen LogP contribution < -0.4 is 5.32 Å². The third kappa shape index (κ3) is 6.40. The van der Waals surface area contributed by atoms with E-state index in [-0.39, 0.29) is 40.4 Å². The van der Waals surface area contributed by atoms with Crippen LogP contribution >= 0.6 is 0 Å². The Kier molecular flexibility index (Phi) is 7.13. The highest BCUT2D eigenvalue weighted by molar-refractivity contribution is 7.91. The van der Waals surface area contributed by atoms with Crippen molar-refractivity contribution in [3.05, 3.63) is 34.4 Å². The number of nitrogens with one attached hydrogen (secondary N) is 1. The highest BCUT2D eigenvalue weighted by atomic mass is 32.2. The molecule has 0 unspecified atom stereocenters. The normalized spacial score (nSPS) is 19.4. The molecule has 1 aromatic carbocycles. The molecule has 1 heterocycles. The van der Waals surface area contributed by atoms with Crippen molar-refractivity contribution in [3.63, 3.8) is 0 Å². The standard InChI is InChI=1S/C20H31N3O6S/c1-19(2,3)29-18(24)22-12-10-17(20(4,5)14-22)21-11-13-30(27,28)16-8-6-15(7-9-16)23(25)26/h6-9,17,21H,10-14H2,1-5H3/t17-/m0/s1. The van der Waals surface area contributed by atoms with E-state index in [2.05, 4.69) is 5.32 Å². The Morgan fingerprint density at radius 3 is 2.40 bits per heavy atom. The van der Waals surface area contributed by atoms with Crippen molar-refractivity contribution in [2.45, 2.75) is 57.6 Å². The number of carbonyl (C=O) groups excluding carboxylic acids is 1. The van der Waals surface area contributed by atoms with E-state index in [1.54, 1.807) is 4.90 Å². The van der Waals surface area contributed by atoms with E-state index in [1.165, 1.54) is 24.3 Å². The fraction of sp³-hybridized carbons (Fsp3) is 0.650. The van der Waals surface area contributed by atoms with E-state index in [1.807, 2.05) is 34.6 Å². The molecule has 1 N–H and O–H groups in total. The molecule has 2 rings (SSSR count). The maximum absolute atomic E-state index is 12.5. The Bertz CT molecular complexity index is 875. The van der Waals surface area contributed by atoms with Crippen LogP contribution in [0.1, 0.15) is 41.0 Å². The Morgan fingerprint density at radius 1 is 1.30 bits per heavy atom. The number of nitro groups is 1. The largest absolute Gasteiger partial charge is 0.444 e. The van der Waals surface area contributed by atoms with Gasteiger partial charge in [-0.1, -0.05) is 13.8 Å². The number of ether oxygens (including phenoxy) is 1. The summed E-state index contributed by atoms with van der Waals surface area (Å²) in [4.78, 5) is 24.2. The first kappa shape index (κ1) is 24.1. The topological polar surface area (TPSA) is 119 Å². The van der Waals surface area contributed by atoms with Gasteiger partial charge in [-0.05, 0) is 44.7 Å². The maximum Gasteiger partial charge on any atom is 0.410 e. The summed E-state index contributed by atoms with van der Waals surface area (Å²) < 4.78 is 30.5. The molecule has 1 aliphatic heterocycles. The molecular weight excluding hydrogens is 410 g/mol. The summed E-state index contributed by atoms with van der Waals surface area (Å²) in [5, 5.41) is 14.0. The highest BCUT2D eigenvalue weighted by Gasteiger charge is 2.38. The molecule has 1 fully saturated rings. The van der Waals surface area contributed by atoms with Crippen molar-refractivity contribution in [2.24, 2.45) is 5.41 Å². The number of hydrogen-bond acceptors (Lipinski definition) is 7. The van der Waals surface area contributed by atoms with Crippen LogP contribution in [0.4, 0.5) is 10.5 Å². The lowest BCUT2D eigenvalue weighted by molar-refractivity contribution is -0.384. The number of rotatable bonds is 6. The van der Waals surface area contributed by atoms with Crippen molar-refractivity contribution in [3.8, 4) is 0 Å². The SMILES string of the molecule is CC(C)(C)OC(=O)N1CC[C@H](NCCS(=O)(=O)c2ccc([N+](=O)[O-])cc2)C(C)(C)C1. The summed E-state index contributed by atoms with van der Waals surface area (Å²) in [6.07, 6.45) is 0.346. The minimum Gasteiger partial charge on any atom is -0.444 e. The third-order valence-electron chi connectivity index (χ3n) is 5.05. The molecular formula is C20H31N3O6S. The molecule has 1 aromatic rings. The molecule has 0 radical (unpaired) electrons. The fourth-order valence-electron chi connectivity index (χ4n) is 3.48. The Hall–Kier alpha value is -2.20. The first-order valence-electron chi connectivity index (χ1n) is 9.90. The Labute approximate surface area is 177 Å². The second-order valence-corrected chi connectivity index (χ2v) is 11.4. The number of hydrogen-bond donors (Lipinski definition) is 1. The van der Waals surface area contributed by atoms with E-state index in [9.17, 15) is 23.3 Å². The first-order valence-corrected chi connectivity index (χ1v) is 11.5. The number of carbonyl (C=O) groups is 1. The van der Waals surface area contributed by atoms with Crippen molar-refractivity contribution in [1.82, 2.24) is 10.2 Å². The summed E-state index contributed by atoms with van der Waals surface area (Å²) >= 11 is 0. The molecule has 0 saturated carbocycles. The van der Waals surface area contributed by atoms with Crippen molar-refractivity contribution in [1.29, 1.82) is 0 Å². The van der Waals surface area contributed by atoms with E-state index < -0.39 is 20.4 Å². The number of nitrogens with zero attached hydrogens (tertiary/aromatic N) is 2. The van der Waals surface area contributed by atoms with Gasteiger partial charge in [-0.2, -0.15) is 0 Å². The lowest BCUT2D eigenvalue weighted by atomic mass is 9.79. The predicted molar refractivity (Wildman–Crippen MR) is 113 cm³/mol. The summed E-state index contributed by atoms with van der Waals surface area (Å²) in [6.45, 7) is 10.8. The quantitative estimate of drug-likeness (QED) is 0.532. The summed E-state index contributed by atoms with van der Waals surface area (Å²) in [7, 11) is -3.55. The van der Waals surface area contributed by atoms with Crippen LogP contribution in [0.2, 0.25) is 0 Å². The molecule has 0 aromatic heterocycles. The second-order valence-electron chi connectivity index (χ2n) is 9.26. The Balaban J connectivity index is 1.91. The second kappa shape index (κ2) is 8.89. The summed E-state index contributed by atoms with van der Waals surface area (Å²) in [5.74, 6) is -0.118. The fourth-order valence-corrected chi connectivity index (χ4v) is 4.65. The minimum absolute atomic E-state index is 0.0447. The van der Waals surface area contributed by atoms with Gasteiger partial charge in [-0.25, -0.2) is 13.2 Å². The number of benzene rings is 1. The summed E-state index contributed by atoms with van der Waals surface area (Å²) in [6, 6.07) is 4.95. The molecule has 1 amide bonds. The van der Waals surface area contributed by atoms with E-state index in [0.29, 0.717) is 19.5 Å². The van der Waals surface area contributed by atoms with Gasteiger partial charge < -0.3 is 15.0 Å². The van der Waals surface area contributed by atoms with Crippen LogP contribution in [0.25, 0.3) is 0 Å². The van der Waals surface area contributed by atoms with Crippen LogP contribution in [-0.2, 0) is 14.6 Å². The zero-order chi connectivity index (χ0) is 22.7. The van der Waals surface area contributed by atoms with Crippen LogP contribution in [0.5, 0.6) is 0 Å².